The predicted molar refractivity (Wildman–Crippen MR) is 132 cm³/mol. The number of halogens is 1. The molecule has 0 radical (unpaired) electrons. The maximum Gasteiger partial charge on any atom is 0.284 e. The van der Waals surface area contributed by atoms with E-state index in [2.05, 4.69) is 15.4 Å². The van der Waals surface area contributed by atoms with Crippen molar-refractivity contribution in [2.75, 3.05) is 44.7 Å². The van der Waals surface area contributed by atoms with Crippen molar-refractivity contribution < 1.29 is 23.8 Å². The molecule has 11 nitrogen and oxygen atoms in total. The molecule has 2 aliphatic rings. The van der Waals surface area contributed by atoms with Crippen LogP contribution in [0.2, 0.25) is 4.34 Å². The standard InChI is InChI=1S/C23H27ClN6O5S/c1-14-17(4-7-35-14)22(33)30-23(25-11-16-2-3-18(24)36-16)26-21(27-30)15-10-19(31)29(12-15)13-20(32)28-5-8-34-9-6-28/h2-4,7,15,19,31H,5-6,8-13H2,1H3,(H,25,26,27). The Labute approximate surface area is 216 Å². The third kappa shape index (κ3) is 5.32. The molecule has 2 unspecified atom stereocenters. The lowest BCUT2D eigenvalue weighted by Gasteiger charge is -2.29. The van der Waals surface area contributed by atoms with Gasteiger partial charge in [0.2, 0.25) is 11.9 Å². The molecule has 5 heterocycles. The van der Waals surface area contributed by atoms with Gasteiger partial charge in [-0.05, 0) is 31.5 Å². The average Bonchev–Trinajstić information content (AvgIpc) is 3.66. The zero-order valence-electron chi connectivity index (χ0n) is 19.7. The third-order valence-corrected chi connectivity index (χ3v) is 7.62. The van der Waals surface area contributed by atoms with E-state index in [1.807, 2.05) is 12.1 Å². The van der Waals surface area contributed by atoms with Crippen molar-refractivity contribution in [3.63, 3.8) is 0 Å². The molecule has 0 aromatic carbocycles. The smallest absolute Gasteiger partial charge is 0.284 e. The number of aliphatic hydroxyl groups is 1. The first kappa shape index (κ1) is 24.9. The molecule has 2 fully saturated rings. The van der Waals surface area contributed by atoms with Crippen LogP contribution in [0.25, 0.3) is 0 Å². The molecule has 1 amide bonds. The van der Waals surface area contributed by atoms with Gasteiger partial charge in [0.25, 0.3) is 5.91 Å². The van der Waals surface area contributed by atoms with Gasteiger partial charge in [0.15, 0.2) is 5.82 Å². The quantitative estimate of drug-likeness (QED) is 0.469. The predicted octanol–water partition coefficient (Wildman–Crippen LogP) is 2.16. The Balaban J connectivity index is 1.34. The Hall–Kier alpha value is -2.77. The number of nitrogens with one attached hydrogen (secondary N) is 1. The van der Waals surface area contributed by atoms with Crippen LogP contribution in [-0.2, 0) is 16.1 Å². The summed E-state index contributed by atoms with van der Waals surface area (Å²) < 4.78 is 12.5. The number of anilines is 1. The molecule has 13 heteroatoms. The van der Waals surface area contributed by atoms with E-state index >= 15 is 0 Å². The van der Waals surface area contributed by atoms with Gasteiger partial charge in [-0.2, -0.15) is 9.67 Å². The number of hydrogen-bond donors (Lipinski definition) is 2. The van der Waals surface area contributed by atoms with Gasteiger partial charge in [-0.1, -0.05) is 11.6 Å². The Kier molecular flexibility index (Phi) is 7.39. The van der Waals surface area contributed by atoms with Crippen LogP contribution in [0.15, 0.2) is 28.9 Å². The number of rotatable bonds is 7. The number of aliphatic hydroxyl groups excluding tert-OH is 1. The topological polar surface area (TPSA) is 126 Å². The second-order valence-corrected chi connectivity index (χ2v) is 10.6. The third-order valence-electron chi connectivity index (χ3n) is 6.39. The summed E-state index contributed by atoms with van der Waals surface area (Å²) in [5, 5.41) is 18.4. The van der Waals surface area contributed by atoms with Gasteiger partial charge >= 0.3 is 0 Å². The lowest BCUT2D eigenvalue weighted by atomic mass is 10.1. The molecule has 0 bridgehead atoms. The fourth-order valence-corrected chi connectivity index (χ4v) is 5.44. The summed E-state index contributed by atoms with van der Waals surface area (Å²) in [7, 11) is 0. The summed E-state index contributed by atoms with van der Waals surface area (Å²) in [6.45, 7) is 4.79. The summed E-state index contributed by atoms with van der Waals surface area (Å²) >= 11 is 7.48. The molecule has 36 heavy (non-hydrogen) atoms. The molecule has 5 rings (SSSR count). The van der Waals surface area contributed by atoms with Crippen molar-refractivity contribution in [3.8, 4) is 0 Å². The van der Waals surface area contributed by atoms with Crippen molar-refractivity contribution in [2.45, 2.75) is 32.0 Å². The molecule has 3 aromatic rings. The molecule has 3 aromatic heterocycles. The lowest BCUT2D eigenvalue weighted by molar-refractivity contribution is -0.138. The maximum absolute atomic E-state index is 13.3. The minimum Gasteiger partial charge on any atom is -0.469 e. The maximum atomic E-state index is 13.3. The Morgan fingerprint density at radius 1 is 1.28 bits per heavy atom. The number of morpholine rings is 1. The number of carbonyl (C=O) groups excluding carboxylic acids is 2. The second kappa shape index (κ2) is 10.7. The zero-order chi connectivity index (χ0) is 25.2. The zero-order valence-corrected chi connectivity index (χ0v) is 21.3. The van der Waals surface area contributed by atoms with E-state index in [4.69, 9.17) is 20.8 Å². The minimum absolute atomic E-state index is 0.0425. The molecule has 0 spiro atoms. The summed E-state index contributed by atoms with van der Waals surface area (Å²) in [5.41, 5.74) is 0.387. The normalized spacial score (nSPS) is 20.7. The highest BCUT2D eigenvalue weighted by Gasteiger charge is 2.37. The van der Waals surface area contributed by atoms with E-state index in [9.17, 15) is 14.7 Å². The molecule has 192 valence electrons. The summed E-state index contributed by atoms with van der Waals surface area (Å²) in [4.78, 5) is 35.0. The highest BCUT2D eigenvalue weighted by atomic mass is 35.5. The number of likely N-dealkylation sites (tertiary alicyclic amines) is 1. The van der Waals surface area contributed by atoms with Crippen LogP contribution in [-0.4, -0.2) is 87.1 Å². The van der Waals surface area contributed by atoms with Crippen LogP contribution in [0.4, 0.5) is 5.95 Å². The van der Waals surface area contributed by atoms with Crippen molar-refractivity contribution in [1.29, 1.82) is 0 Å². The number of amides is 1. The molecule has 2 N–H and O–H groups in total. The van der Waals surface area contributed by atoms with Gasteiger partial charge in [0.05, 0.1) is 42.5 Å². The Bertz CT molecular complexity index is 1240. The second-order valence-electron chi connectivity index (χ2n) is 8.80. The Morgan fingerprint density at radius 2 is 2.08 bits per heavy atom. The highest BCUT2D eigenvalue weighted by molar-refractivity contribution is 7.16. The van der Waals surface area contributed by atoms with Gasteiger partial charge < -0.3 is 24.5 Å². The molecule has 2 aliphatic heterocycles. The first-order chi connectivity index (χ1) is 17.4. The number of ether oxygens (including phenoxy) is 1. The number of aromatic nitrogens is 3. The first-order valence-electron chi connectivity index (χ1n) is 11.7. The van der Waals surface area contributed by atoms with Crippen LogP contribution >= 0.6 is 22.9 Å². The van der Waals surface area contributed by atoms with Crippen LogP contribution in [0, 0.1) is 6.92 Å². The van der Waals surface area contributed by atoms with Crippen LogP contribution in [0.5, 0.6) is 0 Å². The number of carbonyl (C=O) groups is 2. The van der Waals surface area contributed by atoms with Crippen molar-refractivity contribution >= 4 is 40.7 Å². The lowest BCUT2D eigenvalue weighted by Crippen LogP contribution is -2.46. The minimum atomic E-state index is -0.802. The van der Waals surface area contributed by atoms with E-state index in [1.165, 1.54) is 22.3 Å². The summed E-state index contributed by atoms with van der Waals surface area (Å²) in [6, 6.07) is 5.31. The van der Waals surface area contributed by atoms with E-state index in [0.717, 1.165) is 4.88 Å². The highest BCUT2D eigenvalue weighted by Crippen LogP contribution is 2.30. The van der Waals surface area contributed by atoms with Crippen molar-refractivity contribution in [2.24, 2.45) is 0 Å². The average molecular weight is 535 g/mol. The van der Waals surface area contributed by atoms with Crippen LogP contribution < -0.4 is 5.32 Å². The molecule has 0 aliphatic carbocycles. The molecular weight excluding hydrogens is 508 g/mol. The van der Waals surface area contributed by atoms with Crippen molar-refractivity contribution in [3.05, 3.63) is 50.8 Å². The van der Waals surface area contributed by atoms with E-state index in [0.29, 0.717) is 67.3 Å². The van der Waals surface area contributed by atoms with Crippen LogP contribution in [0.1, 0.15) is 39.2 Å². The van der Waals surface area contributed by atoms with Gasteiger partial charge in [0, 0.05) is 30.4 Å². The first-order valence-corrected chi connectivity index (χ1v) is 12.9. The monoisotopic (exact) mass is 534 g/mol. The largest absolute Gasteiger partial charge is 0.469 e. The van der Waals surface area contributed by atoms with Crippen molar-refractivity contribution in [1.82, 2.24) is 24.6 Å². The van der Waals surface area contributed by atoms with E-state index in [-0.39, 0.29) is 30.2 Å². The van der Waals surface area contributed by atoms with Gasteiger partial charge in [-0.3, -0.25) is 14.5 Å². The Morgan fingerprint density at radius 3 is 2.78 bits per heavy atom. The van der Waals surface area contributed by atoms with Gasteiger partial charge in [0.1, 0.15) is 12.0 Å². The summed E-state index contributed by atoms with van der Waals surface area (Å²) in [5.74, 6) is 0.545. The number of nitrogens with zero attached hydrogens (tertiary/aromatic N) is 5. The van der Waals surface area contributed by atoms with E-state index in [1.54, 1.807) is 22.8 Å². The number of furan rings is 1. The van der Waals surface area contributed by atoms with Gasteiger partial charge in [-0.25, -0.2) is 0 Å². The number of aryl methyl sites for hydroxylation is 1. The number of hydrogen-bond acceptors (Lipinski definition) is 10. The number of thiophene rings is 1. The SMILES string of the molecule is Cc1occc1C(=O)n1nc(C2CC(O)N(CC(=O)N3CCOCC3)C2)nc1NCc1ccc(Cl)s1. The molecule has 2 saturated heterocycles. The molecular formula is C23H27ClN6O5S. The van der Waals surface area contributed by atoms with Crippen LogP contribution in [0.3, 0.4) is 0 Å². The molecule has 2 atom stereocenters. The van der Waals surface area contributed by atoms with E-state index < -0.39 is 6.23 Å². The summed E-state index contributed by atoms with van der Waals surface area (Å²) in [6.07, 6.45) is 1.01. The van der Waals surface area contributed by atoms with Gasteiger partial charge in [-0.15, -0.1) is 16.4 Å². The molecule has 0 saturated carbocycles. The fraction of sp³-hybridized carbons (Fsp3) is 0.478. The fourth-order valence-electron chi connectivity index (χ4n) is 4.42.